The first-order valence-corrected chi connectivity index (χ1v) is 4.74. The molecule has 0 spiro atoms. The van der Waals surface area contributed by atoms with E-state index in [-0.39, 0.29) is 5.56 Å². The number of carboxylic acids is 1. The second-order valence-electron chi connectivity index (χ2n) is 2.20. The fourth-order valence-corrected chi connectivity index (χ4v) is 1.44. The highest BCUT2D eigenvalue weighted by Gasteiger charge is 2.10. The van der Waals surface area contributed by atoms with Gasteiger partial charge in [0.2, 0.25) is 0 Å². The Bertz CT molecular complexity index is 272. The lowest BCUT2D eigenvalue weighted by Gasteiger charge is -1.96. The van der Waals surface area contributed by atoms with Crippen molar-refractivity contribution in [2.45, 2.75) is 12.7 Å². The van der Waals surface area contributed by atoms with Crippen LogP contribution < -0.4 is 0 Å². The van der Waals surface area contributed by atoms with Crippen LogP contribution in [0.15, 0.2) is 6.20 Å². The number of rotatable bonds is 4. The molecular formula is C7H10N2O2S. The molecule has 1 heterocycles. The van der Waals surface area contributed by atoms with Crippen molar-refractivity contribution in [3.8, 4) is 0 Å². The summed E-state index contributed by atoms with van der Waals surface area (Å²) in [5.41, 5.74) is 0.963. The van der Waals surface area contributed by atoms with E-state index in [4.69, 9.17) is 5.11 Å². The predicted octanol–water partition coefficient (Wildman–Crippen LogP) is 1.36. The zero-order valence-electron chi connectivity index (χ0n) is 6.70. The van der Waals surface area contributed by atoms with Crippen LogP contribution in [0, 0.1) is 0 Å². The smallest absolute Gasteiger partial charge is 0.339 e. The maximum atomic E-state index is 10.6. The Morgan fingerprint density at radius 1 is 1.83 bits per heavy atom. The molecule has 0 bridgehead atoms. The van der Waals surface area contributed by atoms with E-state index in [1.54, 1.807) is 11.8 Å². The minimum absolute atomic E-state index is 0.274. The zero-order chi connectivity index (χ0) is 8.97. The van der Waals surface area contributed by atoms with E-state index >= 15 is 0 Å². The molecule has 5 heteroatoms. The number of nitrogens with zero attached hydrogens (tertiary/aromatic N) is 1. The highest BCUT2D eigenvalue weighted by molar-refractivity contribution is 7.98. The standard InChI is InChI=1S/C7H10N2O2S/c1-2-12-4-6-5(7(10)11)3-8-9-6/h3H,2,4H2,1H3,(H,8,9)(H,10,11). The summed E-state index contributed by atoms with van der Waals surface area (Å²) >= 11 is 1.66. The molecule has 1 aromatic rings. The van der Waals surface area contributed by atoms with Gasteiger partial charge in [-0.05, 0) is 5.75 Å². The highest BCUT2D eigenvalue weighted by atomic mass is 32.2. The van der Waals surface area contributed by atoms with Gasteiger partial charge in [0.15, 0.2) is 0 Å². The third-order valence-electron chi connectivity index (χ3n) is 1.40. The number of aromatic carboxylic acids is 1. The van der Waals surface area contributed by atoms with Gasteiger partial charge < -0.3 is 5.11 Å². The Morgan fingerprint density at radius 2 is 2.58 bits per heavy atom. The molecule has 0 aliphatic heterocycles. The van der Waals surface area contributed by atoms with Crippen molar-refractivity contribution in [1.29, 1.82) is 0 Å². The summed E-state index contributed by atoms with van der Waals surface area (Å²) < 4.78 is 0. The van der Waals surface area contributed by atoms with Crippen molar-refractivity contribution < 1.29 is 9.90 Å². The molecule has 0 saturated heterocycles. The summed E-state index contributed by atoms with van der Waals surface area (Å²) in [7, 11) is 0. The van der Waals surface area contributed by atoms with Crippen LogP contribution in [0.4, 0.5) is 0 Å². The summed E-state index contributed by atoms with van der Waals surface area (Å²) in [4.78, 5) is 10.6. The van der Waals surface area contributed by atoms with E-state index in [0.29, 0.717) is 11.4 Å². The molecule has 1 rings (SSSR count). The van der Waals surface area contributed by atoms with Crippen molar-refractivity contribution in [3.05, 3.63) is 17.5 Å². The number of aromatic amines is 1. The molecule has 0 radical (unpaired) electrons. The van der Waals surface area contributed by atoms with E-state index in [2.05, 4.69) is 10.2 Å². The molecule has 2 N–H and O–H groups in total. The van der Waals surface area contributed by atoms with Gasteiger partial charge >= 0.3 is 5.97 Å². The quantitative estimate of drug-likeness (QED) is 0.745. The Morgan fingerprint density at radius 3 is 3.17 bits per heavy atom. The first kappa shape index (κ1) is 9.12. The summed E-state index contributed by atoms with van der Waals surface area (Å²) in [6.45, 7) is 2.03. The van der Waals surface area contributed by atoms with Crippen LogP contribution in [0.1, 0.15) is 23.0 Å². The van der Waals surface area contributed by atoms with Gasteiger partial charge in [-0.15, -0.1) is 0 Å². The maximum Gasteiger partial charge on any atom is 0.339 e. The van der Waals surface area contributed by atoms with Crippen LogP contribution in [-0.2, 0) is 5.75 Å². The molecule has 0 amide bonds. The lowest BCUT2D eigenvalue weighted by Crippen LogP contribution is -1.98. The molecule has 0 aliphatic carbocycles. The molecule has 4 nitrogen and oxygen atoms in total. The van der Waals surface area contributed by atoms with Crippen LogP contribution >= 0.6 is 11.8 Å². The molecule has 0 fully saturated rings. The van der Waals surface area contributed by atoms with Crippen molar-refractivity contribution in [1.82, 2.24) is 10.2 Å². The minimum atomic E-state index is -0.921. The highest BCUT2D eigenvalue weighted by Crippen LogP contribution is 2.13. The third-order valence-corrected chi connectivity index (χ3v) is 2.30. The average Bonchev–Trinajstić information content (AvgIpc) is 2.48. The monoisotopic (exact) mass is 186 g/mol. The number of aromatic nitrogens is 2. The Kier molecular flexibility index (Phi) is 3.16. The van der Waals surface area contributed by atoms with Gasteiger partial charge in [0.25, 0.3) is 0 Å². The molecule has 1 aromatic heterocycles. The second-order valence-corrected chi connectivity index (χ2v) is 3.48. The van der Waals surface area contributed by atoms with Crippen LogP contribution in [0.3, 0.4) is 0 Å². The van der Waals surface area contributed by atoms with Crippen LogP contribution in [0.25, 0.3) is 0 Å². The fraction of sp³-hybridized carbons (Fsp3) is 0.429. The van der Waals surface area contributed by atoms with Gasteiger partial charge in [-0.2, -0.15) is 16.9 Å². The van der Waals surface area contributed by atoms with Crippen molar-refractivity contribution in [2.75, 3.05) is 5.75 Å². The van der Waals surface area contributed by atoms with Crippen molar-refractivity contribution >= 4 is 17.7 Å². The summed E-state index contributed by atoms with van der Waals surface area (Å²) in [5.74, 6) is 0.728. The van der Waals surface area contributed by atoms with E-state index in [1.165, 1.54) is 6.20 Å². The van der Waals surface area contributed by atoms with E-state index < -0.39 is 5.97 Å². The Balaban J connectivity index is 2.70. The van der Waals surface area contributed by atoms with E-state index in [1.807, 2.05) is 6.92 Å². The van der Waals surface area contributed by atoms with Crippen molar-refractivity contribution in [2.24, 2.45) is 0 Å². The number of nitrogens with one attached hydrogen (secondary N) is 1. The fourth-order valence-electron chi connectivity index (χ4n) is 0.811. The second kappa shape index (κ2) is 4.15. The molecule has 0 aromatic carbocycles. The molecule has 0 aliphatic rings. The number of carbonyl (C=O) groups is 1. The SMILES string of the molecule is CCSCc1[nH]ncc1C(=O)O. The minimum Gasteiger partial charge on any atom is -0.478 e. The first-order chi connectivity index (χ1) is 5.75. The molecular weight excluding hydrogens is 176 g/mol. The van der Waals surface area contributed by atoms with E-state index in [0.717, 1.165) is 5.75 Å². The third kappa shape index (κ3) is 2.01. The maximum absolute atomic E-state index is 10.6. The number of thioether (sulfide) groups is 1. The number of hydrogen-bond donors (Lipinski definition) is 2. The van der Waals surface area contributed by atoms with E-state index in [9.17, 15) is 4.79 Å². The normalized spacial score (nSPS) is 10.1. The van der Waals surface area contributed by atoms with Crippen LogP contribution in [-0.4, -0.2) is 27.0 Å². The first-order valence-electron chi connectivity index (χ1n) is 3.59. The van der Waals surface area contributed by atoms with Gasteiger partial charge in [-0.3, -0.25) is 5.10 Å². The Labute approximate surface area is 74.4 Å². The Hall–Kier alpha value is -0.970. The largest absolute Gasteiger partial charge is 0.478 e. The number of hydrogen-bond acceptors (Lipinski definition) is 3. The van der Waals surface area contributed by atoms with Gasteiger partial charge in [0, 0.05) is 5.75 Å². The van der Waals surface area contributed by atoms with Crippen LogP contribution in [0.2, 0.25) is 0 Å². The lowest BCUT2D eigenvalue weighted by molar-refractivity contribution is 0.0696. The topological polar surface area (TPSA) is 66.0 Å². The number of carboxylic acid groups (broad SMARTS) is 1. The van der Waals surface area contributed by atoms with Gasteiger partial charge in [-0.25, -0.2) is 4.79 Å². The van der Waals surface area contributed by atoms with Gasteiger partial charge in [0.05, 0.1) is 11.9 Å². The summed E-state index contributed by atoms with van der Waals surface area (Å²) in [5, 5.41) is 15.0. The molecule has 0 atom stereocenters. The summed E-state index contributed by atoms with van der Waals surface area (Å²) in [6, 6.07) is 0. The van der Waals surface area contributed by atoms with Crippen LogP contribution in [0.5, 0.6) is 0 Å². The van der Waals surface area contributed by atoms with Crippen molar-refractivity contribution in [3.63, 3.8) is 0 Å². The van der Waals surface area contributed by atoms with Gasteiger partial charge in [0.1, 0.15) is 5.56 Å². The predicted molar refractivity (Wildman–Crippen MR) is 47.4 cm³/mol. The lowest BCUT2D eigenvalue weighted by atomic mass is 10.3. The summed E-state index contributed by atoms with van der Waals surface area (Å²) in [6.07, 6.45) is 1.34. The zero-order valence-corrected chi connectivity index (χ0v) is 7.52. The number of H-pyrrole nitrogens is 1. The molecule has 12 heavy (non-hydrogen) atoms. The molecule has 66 valence electrons. The average molecular weight is 186 g/mol. The molecule has 0 unspecified atom stereocenters. The molecule has 0 saturated carbocycles. The van der Waals surface area contributed by atoms with Gasteiger partial charge in [-0.1, -0.05) is 6.92 Å².